The molecule has 3 rings (SSSR count). The van der Waals surface area contributed by atoms with Gasteiger partial charge < -0.3 is 15.8 Å². The molecule has 0 atom stereocenters. The Hall–Kier alpha value is -2.33. The molecule has 0 aliphatic carbocycles. The van der Waals surface area contributed by atoms with Crippen molar-refractivity contribution in [3.05, 3.63) is 48.0 Å². The first-order chi connectivity index (χ1) is 8.79. The Morgan fingerprint density at radius 3 is 2.61 bits per heavy atom. The van der Waals surface area contributed by atoms with E-state index in [4.69, 9.17) is 5.73 Å². The van der Waals surface area contributed by atoms with Crippen LogP contribution in [0.5, 0.6) is 0 Å². The van der Waals surface area contributed by atoms with Crippen LogP contribution in [0.2, 0.25) is 0 Å². The van der Waals surface area contributed by atoms with Gasteiger partial charge in [-0.3, -0.25) is 0 Å². The summed E-state index contributed by atoms with van der Waals surface area (Å²) >= 11 is 0. The highest BCUT2D eigenvalue weighted by Gasteiger charge is 2.12. The van der Waals surface area contributed by atoms with Gasteiger partial charge in [-0.25, -0.2) is 4.98 Å². The molecule has 0 fully saturated rings. The van der Waals surface area contributed by atoms with Crippen LogP contribution in [0.25, 0.3) is 22.2 Å². The van der Waals surface area contributed by atoms with Gasteiger partial charge in [0.05, 0.1) is 17.6 Å². The number of aliphatic hydroxyl groups excluding tert-OH is 1. The lowest BCUT2D eigenvalue weighted by molar-refractivity contribution is 0.282. The molecule has 0 amide bonds. The highest BCUT2D eigenvalue weighted by molar-refractivity contribution is 5.94. The molecule has 0 radical (unpaired) electrons. The van der Waals surface area contributed by atoms with Gasteiger partial charge in [0.15, 0.2) is 5.95 Å². The molecule has 4 heteroatoms. The Morgan fingerprint density at radius 1 is 1.11 bits per heavy atom. The molecular formula is C14H13N3O. The number of imidazole rings is 1. The first kappa shape index (κ1) is 10.8. The lowest BCUT2D eigenvalue weighted by atomic mass is 9.98. The van der Waals surface area contributed by atoms with Gasteiger partial charge in [0, 0.05) is 5.56 Å². The van der Waals surface area contributed by atoms with Gasteiger partial charge in [-0.2, -0.15) is 0 Å². The zero-order valence-corrected chi connectivity index (χ0v) is 9.72. The number of anilines is 1. The predicted molar refractivity (Wildman–Crippen MR) is 71.9 cm³/mol. The van der Waals surface area contributed by atoms with Crippen molar-refractivity contribution in [1.82, 2.24) is 9.97 Å². The molecule has 1 aromatic heterocycles. The Labute approximate surface area is 104 Å². The van der Waals surface area contributed by atoms with E-state index in [1.54, 1.807) is 0 Å². The third-order valence-electron chi connectivity index (χ3n) is 2.99. The van der Waals surface area contributed by atoms with E-state index in [-0.39, 0.29) is 6.61 Å². The second-order valence-electron chi connectivity index (χ2n) is 4.14. The van der Waals surface area contributed by atoms with E-state index in [0.717, 1.165) is 27.7 Å². The summed E-state index contributed by atoms with van der Waals surface area (Å²) in [5.74, 6) is 0.386. The van der Waals surface area contributed by atoms with Crippen LogP contribution in [0.3, 0.4) is 0 Å². The van der Waals surface area contributed by atoms with Gasteiger partial charge in [0.25, 0.3) is 0 Å². The number of rotatable bonds is 2. The third-order valence-corrected chi connectivity index (χ3v) is 2.99. The molecule has 0 spiro atoms. The van der Waals surface area contributed by atoms with E-state index in [1.165, 1.54) is 0 Å². The van der Waals surface area contributed by atoms with Crippen molar-refractivity contribution in [2.24, 2.45) is 0 Å². The monoisotopic (exact) mass is 239 g/mol. The van der Waals surface area contributed by atoms with Crippen molar-refractivity contribution in [3.63, 3.8) is 0 Å². The molecule has 0 aliphatic rings. The number of H-pyrrole nitrogens is 1. The van der Waals surface area contributed by atoms with Gasteiger partial charge in [0.2, 0.25) is 0 Å². The van der Waals surface area contributed by atoms with Gasteiger partial charge in [-0.15, -0.1) is 0 Å². The molecule has 1 heterocycles. The molecule has 0 bridgehead atoms. The minimum atomic E-state index is -0.0209. The normalized spacial score (nSPS) is 10.9. The molecule has 2 aromatic carbocycles. The standard InChI is InChI=1S/C14H13N3O/c15-14-16-11-7-6-10(8-18)12(13(11)17-14)9-4-2-1-3-5-9/h1-7,18H,8H2,(H3,15,16,17). The third kappa shape index (κ3) is 1.63. The first-order valence-corrected chi connectivity index (χ1v) is 5.73. The number of aromatic amines is 1. The Morgan fingerprint density at radius 2 is 1.89 bits per heavy atom. The van der Waals surface area contributed by atoms with Crippen molar-refractivity contribution < 1.29 is 5.11 Å². The van der Waals surface area contributed by atoms with E-state index < -0.39 is 0 Å². The molecule has 3 aromatic rings. The smallest absolute Gasteiger partial charge is 0.198 e. The number of nitrogens with two attached hydrogens (primary N) is 1. The molecule has 0 saturated carbocycles. The fourth-order valence-electron chi connectivity index (χ4n) is 2.20. The first-order valence-electron chi connectivity index (χ1n) is 5.73. The molecular weight excluding hydrogens is 226 g/mol. The van der Waals surface area contributed by atoms with Crippen LogP contribution in [-0.2, 0) is 6.61 Å². The molecule has 0 unspecified atom stereocenters. The molecule has 4 N–H and O–H groups in total. The van der Waals surface area contributed by atoms with Crippen LogP contribution in [0.4, 0.5) is 5.95 Å². The Bertz CT molecular complexity index is 689. The lowest BCUT2D eigenvalue weighted by Gasteiger charge is -2.08. The maximum absolute atomic E-state index is 9.48. The average Bonchev–Trinajstić information content (AvgIpc) is 2.78. The van der Waals surface area contributed by atoms with Crippen LogP contribution < -0.4 is 5.73 Å². The summed E-state index contributed by atoms with van der Waals surface area (Å²) in [4.78, 5) is 7.31. The zero-order valence-electron chi connectivity index (χ0n) is 9.72. The number of nitrogen functional groups attached to an aromatic ring is 1. The Balaban J connectivity index is 2.37. The van der Waals surface area contributed by atoms with Gasteiger partial charge >= 0.3 is 0 Å². The molecule has 0 saturated heterocycles. The van der Waals surface area contributed by atoms with E-state index in [1.807, 2.05) is 42.5 Å². The number of hydrogen-bond donors (Lipinski definition) is 3. The highest BCUT2D eigenvalue weighted by atomic mass is 16.3. The molecule has 18 heavy (non-hydrogen) atoms. The predicted octanol–water partition coefficient (Wildman–Crippen LogP) is 2.30. The van der Waals surface area contributed by atoms with Crippen LogP contribution in [0.15, 0.2) is 42.5 Å². The van der Waals surface area contributed by atoms with Crippen molar-refractivity contribution in [1.29, 1.82) is 0 Å². The maximum atomic E-state index is 9.48. The van der Waals surface area contributed by atoms with Crippen molar-refractivity contribution in [2.45, 2.75) is 6.61 Å². The van der Waals surface area contributed by atoms with Gasteiger partial charge in [-0.1, -0.05) is 36.4 Å². The minimum Gasteiger partial charge on any atom is -0.392 e. The molecule has 4 nitrogen and oxygen atoms in total. The minimum absolute atomic E-state index is 0.0209. The number of fused-ring (bicyclic) bond motifs is 1. The van der Waals surface area contributed by atoms with E-state index in [2.05, 4.69) is 9.97 Å². The van der Waals surface area contributed by atoms with Crippen molar-refractivity contribution in [3.8, 4) is 11.1 Å². The maximum Gasteiger partial charge on any atom is 0.198 e. The Kier molecular flexibility index (Phi) is 2.50. The highest BCUT2D eigenvalue weighted by Crippen LogP contribution is 2.31. The van der Waals surface area contributed by atoms with Crippen LogP contribution in [0, 0.1) is 0 Å². The topological polar surface area (TPSA) is 74.9 Å². The summed E-state index contributed by atoms with van der Waals surface area (Å²) < 4.78 is 0. The number of hydrogen-bond acceptors (Lipinski definition) is 3. The number of benzene rings is 2. The lowest BCUT2D eigenvalue weighted by Crippen LogP contribution is -1.91. The van der Waals surface area contributed by atoms with Crippen molar-refractivity contribution in [2.75, 3.05) is 5.73 Å². The summed E-state index contributed by atoms with van der Waals surface area (Å²) in [6, 6.07) is 13.7. The van der Waals surface area contributed by atoms with E-state index in [0.29, 0.717) is 5.95 Å². The summed E-state index contributed by atoms with van der Waals surface area (Å²) in [6.45, 7) is -0.0209. The quantitative estimate of drug-likeness (QED) is 0.642. The number of aromatic nitrogens is 2. The number of nitrogens with zero attached hydrogens (tertiary/aromatic N) is 1. The second kappa shape index (κ2) is 4.16. The summed E-state index contributed by atoms with van der Waals surface area (Å²) in [6.07, 6.45) is 0. The fourth-order valence-corrected chi connectivity index (χ4v) is 2.20. The SMILES string of the molecule is Nc1nc2c(-c3ccccc3)c(CO)ccc2[nH]1. The average molecular weight is 239 g/mol. The fraction of sp³-hybridized carbons (Fsp3) is 0.0714. The molecule has 90 valence electrons. The van der Waals surface area contributed by atoms with Crippen molar-refractivity contribution >= 4 is 17.0 Å². The van der Waals surface area contributed by atoms with Crippen LogP contribution in [-0.4, -0.2) is 15.1 Å². The molecule has 0 aliphatic heterocycles. The van der Waals surface area contributed by atoms with Gasteiger partial charge in [-0.05, 0) is 17.2 Å². The van der Waals surface area contributed by atoms with Gasteiger partial charge in [0.1, 0.15) is 0 Å². The summed E-state index contributed by atoms with van der Waals surface area (Å²) in [5, 5.41) is 9.48. The van der Waals surface area contributed by atoms with E-state index >= 15 is 0 Å². The zero-order chi connectivity index (χ0) is 12.5. The second-order valence-corrected chi connectivity index (χ2v) is 4.14. The number of nitrogens with one attached hydrogen (secondary N) is 1. The summed E-state index contributed by atoms with van der Waals surface area (Å²) in [5.41, 5.74) is 10.2. The van der Waals surface area contributed by atoms with E-state index in [9.17, 15) is 5.11 Å². The number of aliphatic hydroxyl groups is 1. The largest absolute Gasteiger partial charge is 0.392 e. The summed E-state index contributed by atoms with van der Waals surface area (Å²) in [7, 11) is 0. The van der Waals surface area contributed by atoms with Crippen LogP contribution >= 0.6 is 0 Å². The van der Waals surface area contributed by atoms with Crippen LogP contribution in [0.1, 0.15) is 5.56 Å².